The molecule has 0 aliphatic heterocycles. The number of pyridine rings is 2. The number of hydrogen-bond donors (Lipinski definition) is 2. The van der Waals surface area contributed by atoms with Crippen molar-refractivity contribution in [2.24, 2.45) is 10.9 Å². The van der Waals surface area contributed by atoms with Gasteiger partial charge < -0.3 is 10.9 Å². The zero-order chi connectivity index (χ0) is 15.1. The number of nitrogens with zero attached hydrogens (tertiary/aromatic N) is 3. The number of primary amides is 1. The van der Waals surface area contributed by atoms with Crippen LogP contribution in [-0.4, -0.2) is 17.3 Å². The quantitative estimate of drug-likeness (QED) is 0.334. The molecule has 1 amide bonds. The van der Waals surface area contributed by atoms with E-state index < -0.39 is 5.91 Å². The van der Waals surface area contributed by atoms with Gasteiger partial charge >= 0.3 is 0 Å². The zero-order valence-corrected chi connectivity index (χ0v) is 11.3. The summed E-state index contributed by atoms with van der Waals surface area (Å²) >= 11 is 0. The van der Waals surface area contributed by atoms with Gasteiger partial charge in [-0.05, 0) is 6.07 Å². The molecule has 0 atom stereocenters. The summed E-state index contributed by atoms with van der Waals surface area (Å²) in [6.07, 6.45) is 8.42. The molecule has 0 unspecified atom stereocenters. The first-order valence-corrected chi connectivity index (χ1v) is 6.22. The van der Waals surface area contributed by atoms with E-state index in [1.54, 1.807) is 35.3 Å². The number of hydrogen-bond acceptors (Lipinski definition) is 4. The van der Waals surface area contributed by atoms with E-state index >= 15 is 0 Å². The molecule has 108 valence electrons. The second-order valence-corrected chi connectivity index (χ2v) is 4.32. The van der Waals surface area contributed by atoms with E-state index in [0.717, 1.165) is 5.56 Å². The van der Waals surface area contributed by atoms with Gasteiger partial charge in [0.15, 0.2) is 24.8 Å². The highest BCUT2D eigenvalue weighted by atomic mass is 16.5. The van der Waals surface area contributed by atoms with Crippen LogP contribution >= 0.6 is 0 Å². The molecule has 0 spiro atoms. The van der Waals surface area contributed by atoms with Gasteiger partial charge in [-0.15, -0.1) is 0 Å². The first kappa shape index (κ1) is 14.6. The Morgan fingerprint density at radius 2 is 1.95 bits per heavy atom. The second kappa shape index (κ2) is 7.11. The lowest BCUT2D eigenvalue weighted by Gasteiger charge is -1.99. The Morgan fingerprint density at radius 1 is 1.24 bits per heavy atom. The van der Waals surface area contributed by atoms with Crippen molar-refractivity contribution in [2.75, 3.05) is 0 Å². The fraction of sp³-hybridized carbons (Fsp3) is 0.143. The smallest absolute Gasteiger partial charge is 0.257 e. The number of amides is 1. The SMILES string of the molecule is NC(=O)c1cc[n+](COC[n+]2cccc(/C=N/O)c2)cc1. The van der Waals surface area contributed by atoms with Crippen LogP contribution in [0.4, 0.5) is 0 Å². The first-order chi connectivity index (χ1) is 10.2. The predicted octanol–water partition coefficient (Wildman–Crippen LogP) is -0.200. The fourth-order valence-electron chi connectivity index (χ4n) is 1.72. The largest absolute Gasteiger partial charge is 0.411 e. The maximum absolute atomic E-state index is 10.9. The van der Waals surface area contributed by atoms with Crippen LogP contribution in [0.25, 0.3) is 0 Å². The van der Waals surface area contributed by atoms with Crippen molar-refractivity contribution in [1.82, 2.24) is 0 Å². The molecule has 0 fully saturated rings. The lowest BCUT2D eigenvalue weighted by Crippen LogP contribution is -2.40. The van der Waals surface area contributed by atoms with Crippen molar-refractivity contribution in [2.45, 2.75) is 13.5 Å². The van der Waals surface area contributed by atoms with Crippen LogP contribution in [0.2, 0.25) is 0 Å². The number of oxime groups is 1. The van der Waals surface area contributed by atoms with Crippen molar-refractivity contribution >= 4 is 12.1 Å². The Hall–Kier alpha value is -2.80. The molecule has 2 aromatic heterocycles. The summed E-state index contributed by atoms with van der Waals surface area (Å²) in [5, 5.41) is 11.5. The molecule has 0 aliphatic carbocycles. The van der Waals surface area contributed by atoms with Gasteiger partial charge in [-0.1, -0.05) is 5.16 Å². The Labute approximate surface area is 121 Å². The third kappa shape index (κ3) is 4.36. The van der Waals surface area contributed by atoms with Gasteiger partial charge in [-0.3, -0.25) is 9.53 Å². The molecule has 3 N–H and O–H groups in total. The summed E-state index contributed by atoms with van der Waals surface area (Å²) in [6, 6.07) is 6.91. The first-order valence-electron chi connectivity index (χ1n) is 6.22. The fourth-order valence-corrected chi connectivity index (χ4v) is 1.72. The molecular weight excluding hydrogens is 272 g/mol. The summed E-state index contributed by atoms with van der Waals surface area (Å²) in [4.78, 5) is 10.9. The van der Waals surface area contributed by atoms with Gasteiger partial charge in [0.2, 0.25) is 5.91 Å². The third-order valence-electron chi connectivity index (χ3n) is 2.74. The summed E-state index contributed by atoms with van der Waals surface area (Å²) in [6.45, 7) is 0.683. The van der Waals surface area contributed by atoms with E-state index in [-0.39, 0.29) is 0 Å². The maximum atomic E-state index is 10.9. The topological polar surface area (TPSA) is 92.7 Å². The van der Waals surface area contributed by atoms with E-state index in [9.17, 15) is 4.79 Å². The number of carbonyl (C=O) groups is 1. The highest BCUT2D eigenvalue weighted by Gasteiger charge is 2.06. The van der Waals surface area contributed by atoms with E-state index in [1.165, 1.54) is 6.21 Å². The minimum absolute atomic E-state index is 0.338. The molecule has 0 saturated heterocycles. The van der Waals surface area contributed by atoms with Gasteiger partial charge in [-0.2, -0.15) is 9.13 Å². The minimum Gasteiger partial charge on any atom is -0.411 e. The molecule has 2 rings (SSSR count). The van der Waals surface area contributed by atoms with Crippen LogP contribution in [0.15, 0.2) is 54.2 Å². The molecule has 7 heteroatoms. The Kier molecular flexibility index (Phi) is 4.94. The highest BCUT2D eigenvalue weighted by Crippen LogP contribution is 1.93. The van der Waals surface area contributed by atoms with Gasteiger partial charge in [0.05, 0.1) is 17.3 Å². The lowest BCUT2D eigenvalue weighted by atomic mass is 10.2. The normalized spacial score (nSPS) is 10.9. The van der Waals surface area contributed by atoms with Crippen LogP contribution in [0.1, 0.15) is 15.9 Å². The number of rotatable bonds is 6. The van der Waals surface area contributed by atoms with E-state index in [2.05, 4.69) is 5.16 Å². The Bertz CT molecular complexity index is 641. The second-order valence-electron chi connectivity index (χ2n) is 4.32. The van der Waals surface area contributed by atoms with Crippen molar-refractivity contribution in [3.05, 3.63) is 60.2 Å². The lowest BCUT2D eigenvalue weighted by molar-refractivity contribution is -0.788. The van der Waals surface area contributed by atoms with E-state index in [0.29, 0.717) is 19.0 Å². The Balaban J connectivity index is 1.89. The standard InChI is InChI=1S/C14H14N4O3/c15-14(19)13-3-6-17(7-4-13)10-21-11-18-5-1-2-12(9-18)8-16-20/h1-9H,10-11H2,(H-2,15,19,20)/p+2/b16-8+. The molecule has 21 heavy (non-hydrogen) atoms. The summed E-state index contributed by atoms with van der Waals surface area (Å²) in [7, 11) is 0. The van der Waals surface area contributed by atoms with Gasteiger partial charge in [0, 0.05) is 18.2 Å². The molecule has 0 saturated carbocycles. The monoisotopic (exact) mass is 288 g/mol. The molecule has 0 aliphatic rings. The average molecular weight is 288 g/mol. The average Bonchev–Trinajstić information content (AvgIpc) is 2.48. The molecule has 2 aromatic rings. The maximum Gasteiger partial charge on any atom is 0.257 e. The van der Waals surface area contributed by atoms with Crippen molar-refractivity contribution in [3.8, 4) is 0 Å². The summed E-state index contributed by atoms with van der Waals surface area (Å²) in [5.41, 5.74) is 6.39. The van der Waals surface area contributed by atoms with E-state index in [1.807, 2.05) is 22.9 Å². The zero-order valence-electron chi connectivity index (χ0n) is 11.3. The molecule has 0 bridgehead atoms. The molecular formula is C14H16N4O3+2. The van der Waals surface area contributed by atoms with Crippen molar-refractivity contribution in [3.63, 3.8) is 0 Å². The van der Waals surface area contributed by atoms with Crippen LogP contribution in [-0.2, 0) is 18.2 Å². The van der Waals surface area contributed by atoms with E-state index in [4.69, 9.17) is 15.7 Å². The summed E-state index contributed by atoms with van der Waals surface area (Å²) < 4.78 is 9.14. The highest BCUT2D eigenvalue weighted by molar-refractivity contribution is 5.92. The van der Waals surface area contributed by atoms with Crippen LogP contribution < -0.4 is 14.9 Å². The predicted molar refractivity (Wildman–Crippen MR) is 72.3 cm³/mol. The molecule has 2 heterocycles. The van der Waals surface area contributed by atoms with Crippen LogP contribution in [0.3, 0.4) is 0 Å². The number of aromatic nitrogens is 2. The molecule has 0 radical (unpaired) electrons. The third-order valence-corrected chi connectivity index (χ3v) is 2.74. The van der Waals surface area contributed by atoms with Gasteiger partial charge in [-0.25, -0.2) is 0 Å². The Morgan fingerprint density at radius 3 is 2.62 bits per heavy atom. The minimum atomic E-state index is -0.457. The van der Waals surface area contributed by atoms with Crippen LogP contribution in [0.5, 0.6) is 0 Å². The number of carbonyl (C=O) groups excluding carboxylic acids is 1. The molecule has 0 aromatic carbocycles. The summed E-state index contributed by atoms with van der Waals surface area (Å²) in [5.74, 6) is -0.457. The number of ether oxygens (including phenoxy) is 1. The van der Waals surface area contributed by atoms with Crippen molar-refractivity contribution < 1.29 is 23.9 Å². The molecule has 7 nitrogen and oxygen atoms in total. The van der Waals surface area contributed by atoms with Gasteiger partial charge in [0.25, 0.3) is 13.5 Å². The van der Waals surface area contributed by atoms with Gasteiger partial charge in [0.1, 0.15) is 0 Å². The van der Waals surface area contributed by atoms with Crippen molar-refractivity contribution in [1.29, 1.82) is 0 Å². The van der Waals surface area contributed by atoms with Crippen LogP contribution in [0, 0.1) is 0 Å². The number of nitrogens with two attached hydrogens (primary N) is 1.